The van der Waals surface area contributed by atoms with Gasteiger partial charge < -0.3 is 23.8 Å². The first-order valence-electron chi connectivity index (χ1n) is 18.6. The number of alkyl halides is 2. The molecule has 2 saturated heterocycles. The van der Waals surface area contributed by atoms with Crippen molar-refractivity contribution in [2.75, 3.05) is 117 Å². The number of nitrogens with zero attached hydrogens (tertiary/aromatic N) is 6. The molecule has 12 heteroatoms. The van der Waals surface area contributed by atoms with Gasteiger partial charge in [-0.15, -0.1) is 0 Å². The van der Waals surface area contributed by atoms with E-state index in [1.807, 2.05) is 6.07 Å². The third-order valence-corrected chi connectivity index (χ3v) is 9.62. The summed E-state index contributed by atoms with van der Waals surface area (Å²) >= 11 is 0. The van der Waals surface area contributed by atoms with E-state index in [1.165, 1.54) is 6.20 Å². The number of aromatic nitrogens is 1. The van der Waals surface area contributed by atoms with Crippen molar-refractivity contribution in [1.82, 2.24) is 24.6 Å². The zero-order valence-corrected chi connectivity index (χ0v) is 33.3. The maximum absolute atomic E-state index is 14.2. The highest BCUT2D eigenvalue weighted by Crippen LogP contribution is 2.26. The Labute approximate surface area is 302 Å². The number of piperazine rings is 2. The fraction of sp³-hybridized carbons (Fsp3) is 0.868. The van der Waals surface area contributed by atoms with Gasteiger partial charge in [-0.2, -0.15) is 0 Å². The van der Waals surface area contributed by atoms with Crippen LogP contribution in [0.5, 0.6) is 5.75 Å². The molecule has 3 rings (SSSR count). The summed E-state index contributed by atoms with van der Waals surface area (Å²) < 4.78 is 50.9. The molecule has 1 aromatic heterocycles. The Kier molecular flexibility index (Phi) is 15.7. The summed E-state index contributed by atoms with van der Waals surface area (Å²) in [5.41, 5.74) is -0.414. The second kappa shape index (κ2) is 18.4. The molecule has 290 valence electrons. The second-order valence-electron chi connectivity index (χ2n) is 17.5. The van der Waals surface area contributed by atoms with Gasteiger partial charge in [0, 0.05) is 88.6 Å². The number of pyridine rings is 1. The minimum atomic E-state index is -3.08. The standard InChI is InChI=1S/C38H70F2N6O4/c1-34(2,3)44-18-14-42(15-19-44)22-24-47-26-27-48-25-23-46(35(4,5)6)29-37(10,11)45-20-16-43(17-21-45)33-13-12-32(28-41-33)49-30-38(39,40)31-50-36(7,8)9/h12-13,28H,14-27,29-31H2,1-11H3. The first-order chi connectivity index (χ1) is 23.1. The molecule has 0 spiro atoms. The Morgan fingerprint density at radius 1 is 0.720 bits per heavy atom. The SMILES string of the molecule is CC(C)(C)OCC(F)(F)COc1ccc(N2CCN(C(C)(C)CN(CCOCCOCCN3CCN(C(C)(C)C)CC3)C(C)(C)C)CC2)nc1. The molecule has 2 aliphatic rings. The average molecular weight is 713 g/mol. The van der Waals surface area contributed by atoms with Gasteiger partial charge in [-0.05, 0) is 88.3 Å². The first-order valence-corrected chi connectivity index (χ1v) is 18.6. The zero-order chi connectivity index (χ0) is 37.2. The maximum atomic E-state index is 14.2. The Balaban J connectivity index is 1.34. The fourth-order valence-electron chi connectivity index (χ4n) is 6.29. The van der Waals surface area contributed by atoms with Crippen LogP contribution in [0.3, 0.4) is 0 Å². The molecule has 0 bridgehead atoms. The molecule has 0 atom stereocenters. The van der Waals surface area contributed by atoms with Crippen molar-refractivity contribution in [2.45, 2.75) is 104 Å². The van der Waals surface area contributed by atoms with Crippen molar-refractivity contribution in [1.29, 1.82) is 0 Å². The van der Waals surface area contributed by atoms with Gasteiger partial charge in [0.1, 0.15) is 18.2 Å². The summed E-state index contributed by atoms with van der Waals surface area (Å²) in [6.45, 7) is 35.5. The molecule has 3 heterocycles. The molecule has 1 aromatic rings. The predicted molar refractivity (Wildman–Crippen MR) is 199 cm³/mol. The van der Waals surface area contributed by atoms with E-state index in [4.69, 9.17) is 18.9 Å². The number of anilines is 1. The lowest BCUT2D eigenvalue weighted by molar-refractivity contribution is -0.137. The topological polar surface area (TPSA) is 66.0 Å². The van der Waals surface area contributed by atoms with Crippen LogP contribution < -0.4 is 9.64 Å². The fourth-order valence-corrected chi connectivity index (χ4v) is 6.29. The van der Waals surface area contributed by atoms with Crippen molar-refractivity contribution < 1.29 is 27.7 Å². The van der Waals surface area contributed by atoms with Crippen LogP contribution in [0.1, 0.15) is 76.2 Å². The van der Waals surface area contributed by atoms with Crippen molar-refractivity contribution in [3.63, 3.8) is 0 Å². The first kappa shape index (κ1) is 42.7. The van der Waals surface area contributed by atoms with Crippen molar-refractivity contribution in [3.8, 4) is 5.75 Å². The highest BCUT2D eigenvalue weighted by Gasteiger charge is 2.35. The van der Waals surface area contributed by atoms with Crippen LogP contribution in [0.25, 0.3) is 0 Å². The Morgan fingerprint density at radius 3 is 1.86 bits per heavy atom. The molecule has 10 nitrogen and oxygen atoms in total. The molecule has 50 heavy (non-hydrogen) atoms. The van der Waals surface area contributed by atoms with E-state index in [9.17, 15) is 8.78 Å². The molecule has 2 fully saturated rings. The van der Waals surface area contributed by atoms with Crippen LogP contribution in [0.4, 0.5) is 14.6 Å². The van der Waals surface area contributed by atoms with E-state index >= 15 is 0 Å². The van der Waals surface area contributed by atoms with Crippen LogP contribution in [0.2, 0.25) is 0 Å². The molecular weight excluding hydrogens is 642 g/mol. The second-order valence-corrected chi connectivity index (χ2v) is 17.5. The molecule has 0 N–H and O–H groups in total. The van der Waals surface area contributed by atoms with Gasteiger partial charge in [-0.3, -0.25) is 19.6 Å². The van der Waals surface area contributed by atoms with Gasteiger partial charge in [0.05, 0.1) is 38.2 Å². The molecule has 0 radical (unpaired) electrons. The lowest BCUT2D eigenvalue weighted by Gasteiger charge is -2.48. The number of ether oxygens (including phenoxy) is 4. The van der Waals surface area contributed by atoms with Gasteiger partial charge in [-0.25, -0.2) is 13.8 Å². The van der Waals surface area contributed by atoms with Gasteiger partial charge in [0.15, 0.2) is 6.61 Å². The van der Waals surface area contributed by atoms with E-state index in [0.717, 1.165) is 84.4 Å². The highest BCUT2D eigenvalue weighted by molar-refractivity contribution is 5.41. The van der Waals surface area contributed by atoms with Crippen LogP contribution in [0.15, 0.2) is 18.3 Å². The van der Waals surface area contributed by atoms with Crippen LogP contribution >= 0.6 is 0 Å². The van der Waals surface area contributed by atoms with Crippen LogP contribution in [0, 0.1) is 0 Å². The van der Waals surface area contributed by atoms with Crippen molar-refractivity contribution in [2.24, 2.45) is 0 Å². The lowest BCUT2D eigenvalue weighted by Crippen LogP contribution is -2.60. The van der Waals surface area contributed by atoms with Crippen molar-refractivity contribution >= 4 is 5.82 Å². The number of hydrogen-bond donors (Lipinski definition) is 0. The van der Waals surface area contributed by atoms with Crippen molar-refractivity contribution in [3.05, 3.63) is 18.3 Å². The zero-order valence-electron chi connectivity index (χ0n) is 33.3. The third kappa shape index (κ3) is 15.1. The Hall–Kier alpha value is -1.67. The van der Waals surface area contributed by atoms with Gasteiger partial charge in [0.25, 0.3) is 0 Å². The predicted octanol–water partition coefficient (Wildman–Crippen LogP) is 5.36. The summed E-state index contributed by atoms with van der Waals surface area (Å²) in [5.74, 6) is -1.93. The summed E-state index contributed by atoms with van der Waals surface area (Å²) in [7, 11) is 0. The lowest BCUT2D eigenvalue weighted by atomic mass is 9.96. The van der Waals surface area contributed by atoms with Gasteiger partial charge in [0.2, 0.25) is 0 Å². The Morgan fingerprint density at radius 2 is 1.32 bits per heavy atom. The minimum Gasteiger partial charge on any atom is -0.486 e. The van der Waals surface area contributed by atoms with E-state index in [-0.39, 0.29) is 16.6 Å². The van der Waals surface area contributed by atoms with Gasteiger partial charge in [-0.1, -0.05) is 0 Å². The molecule has 0 unspecified atom stereocenters. The molecule has 0 saturated carbocycles. The summed E-state index contributed by atoms with van der Waals surface area (Å²) in [4.78, 5) is 16.9. The van der Waals surface area contributed by atoms with Crippen LogP contribution in [-0.4, -0.2) is 164 Å². The quantitative estimate of drug-likeness (QED) is 0.186. The highest BCUT2D eigenvalue weighted by atomic mass is 19.3. The van der Waals surface area contributed by atoms with E-state index in [2.05, 4.69) is 84.9 Å². The smallest absolute Gasteiger partial charge is 0.304 e. The number of halogens is 2. The Bertz CT molecular complexity index is 1100. The van der Waals surface area contributed by atoms with Crippen LogP contribution in [-0.2, 0) is 14.2 Å². The molecule has 2 aliphatic heterocycles. The largest absolute Gasteiger partial charge is 0.486 e. The molecular formula is C38H70F2N6O4. The van der Waals surface area contributed by atoms with E-state index in [0.29, 0.717) is 25.6 Å². The summed E-state index contributed by atoms with van der Waals surface area (Å²) in [6, 6.07) is 3.56. The third-order valence-electron chi connectivity index (χ3n) is 9.62. The number of hydrogen-bond acceptors (Lipinski definition) is 10. The van der Waals surface area contributed by atoms with E-state index in [1.54, 1.807) is 26.8 Å². The summed E-state index contributed by atoms with van der Waals surface area (Å²) in [6.07, 6.45) is 1.53. The maximum Gasteiger partial charge on any atom is 0.304 e. The summed E-state index contributed by atoms with van der Waals surface area (Å²) in [5, 5.41) is 0. The average Bonchev–Trinajstić information content (AvgIpc) is 3.03. The monoisotopic (exact) mass is 713 g/mol. The number of rotatable bonds is 18. The molecule has 0 aromatic carbocycles. The van der Waals surface area contributed by atoms with Gasteiger partial charge >= 0.3 is 5.92 Å². The molecule has 0 aliphatic carbocycles. The molecule has 0 amide bonds. The van der Waals surface area contributed by atoms with E-state index < -0.39 is 24.7 Å². The normalized spacial score (nSPS) is 18.3. The minimum absolute atomic E-state index is 0.00722.